The Bertz CT molecular complexity index is 2190. The molecule has 1 atom stereocenters. The molecule has 0 saturated carbocycles. The third kappa shape index (κ3) is 5.84. The molecule has 1 aliphatic rings. The molecule has 3 aromatic carbocycles. The molecule has 0 bridgehead atoms. The Morgan fingerprint density at radius 2 is 1.92 bits per heavy atom. The maximum absolute atomic E-state index is 14.8. The van der Waals surface area contributed by atoms with Crippen molar-refractivity contribution in [3.8, 4) is 11.4 Å². The second-order valence-corrected chi connectivity index (χ2v) is 12.2. The Morgan fingerprint density at radius 3 is 2.69 bits per heavy atom. The van der Waals surface area contributed by atoms with Crippen LogP contribution in [0.2, 0.25) is 0 Å². The second kappa shape index (κ2) is 12.5. The Morgan fingerprint density at radius 1 is 1.08 bits per heavy atom. The van der Waals surface area contributed by atoms with Crippen LogP contribution in [0, 0.1) is 11.6 Å². The van der Waals surface area contributed by atoms with Crippen molar-refractivity contribution in [3.05, 3.63) is 118 Å². The fourth-order valence-corrected chi connectivity index (χ4v) is 6.74. The third-order valence-corrected chi connectivity index (χ3v) is 9.10. The van der Waals surface area contributed by atoms with Gasteiger partial charge in [-0.15, -0.1) is 11.3 Å². The van der Waals surface area contributed by atoms with E-state index in [4.69, 9.17) is 10.5 Å². The Balaban J connectivity index is 1.17. The number of nitrogens with one attached hydrogen (secondary N) is 1. The first kappa shape index (κ1) is 31.0. The van der Waals surface area contributed by atoms with Gasteiger partial charge in [0.05, 0.1) is 34.9 Å². The lowest BCUT2D eigenvalue weighted by atomic mass is 9.89. The lowest BCUT2D eigenvalue weighted by Crippen LogP contribution is -2.37. The summed E-state index contributed by atoms with van der Waals surface area (Å²) in [5.74, 6) is -1.80. The largest absolute Gasteiger partial charge is 0.490 e. The van der Waals surface area contributed by atoms with Gasteiger partial charge in [0, 0.05) is 23.9 Å². The number of para-hydroxylation sites is 1. The van der Waals surface area contributed by atoms with Gasteiger partial charge in [-0.1, -0.05) is 24.3 Å². The van der Waals surface area contributed by atoms with E-state index < -0.39 is 28.7 Å². The van der Waals surface area contributed by atoms with E-state index in [9.17, 15) is 23.5 Å². The van der Waals surface area contributed by atoms with Crippen LogP contribution >= 0.6 is 11.3 Å². The van der Waals surface area contributed by atoms with Crippen LogP contribution in [0.1, 0.15) is 21.7 Å². The number of nitrogens with two attached hydrogens (primary N) is 1. The minimum atomic E-state index is -1.86. The molecule has 0 aliphatic carbocycles. The van der Waals surface area contributed by atoms with Crippen LogP contribution in [-0.2, 0) is 12.1 Å². The number of hydrogen-bond acceptors (Lipinski definition) is 10. The zero-order chi connectivity index (χ0) is 33.4. The number of nitrogens with zero attached hydrogens (tertiary/aromatic N) is 6. The predicted molar refractivity (Wildman–Crippen MR) is 176 cm³/mol. The number of aromatic nitrogens is 5. The van der Waals surface area contributed by atoms with Gasteiger partial charge in [0.2, 0.25) is 0 Å². The van der Waals surface area contributed by atoms with Gasteiger partial charge in [0.15, 0.2) is 5.82 Å². The molecule has 1 amide bonds. The molecule has 244 valence electrons. The summed E-state index contributed by atoms with van der Waals surface area (Å²) in [5.41, 5.74) is 6.12. The van der Waals surface area contributed by atoms with Gasteiger partial charge >= 0.3 is 0 Å². The van der Waals surface area contributed by atoms with Crippen LogP contribution < -0.4 is 26.2 Å². The summed E-state index contributed by atoms with van der Waals surface area (Å²) >= 11 is 1.04. The number of thiophene rings is 1. The molecule has 12 nitrogen and oxygen atoms in total. The molecule has 0 fully saturated rings. The molecule has 0 radical (unpaired) electrons. The molecule has 48 heavy (non-hydrogen) atoms. The SMILES string of the molecule is Nc1nc2sc(C(=O)NCCC(O)(Cn3cncn3)c3ccc(F)cc3F)cc2n(-c2ccc3c(c2)N(c2ccccc2)CCO3)c1=O. The summed E-state index contributed by atoms with van der Waals surface area (Å²) in [6, 6.07) is 19.6. The number of ether oxygens (including phenoxy) is 1. The Hall–Kier alpha value is -5.67. The normalized spacial score (nSPS) is 13.9. The Kier molecular flexibility index (Phi) is 8.06. The van der Waals surface area contributed by atoms with Crippen molar-refractivity contribution < 1.29 is 23.4 Å². The molecule has 0 saturated heterocycles. The molecular formula is C33H28F2N8O4S. The Labute approximate surface area is 275 Å². The van der Waals surface area contributed by atoms with Crippen LogP contribution in [0.15, 0.2) is 90.2 Å². The third-order valence-electron chi connectivity index (χ3n) is 8.08. The van der Waals surface area contributed by atoms with Gasteiger partial charge in [-0.3, -0.25) is 14.2 Å². The summed E-state index contributed by atoms with van der Waals surface area (Å²) in [7, 11) is 0. The fourth-order valence-electron chi connectivity index (χ4n) is 5.80. The van der Waals surface area contributed by atoms with E-state index in [1.54, 1.807) is 18.2 Å². The van der Waals surface area contributed by atoms with Crippen molar-refractivity contribution in [3.63, 3.8) is 0 Å². The number of anilines is 3. The quantitative estimate of drug-likeness (QED) is 0.206. The van der Waals surface area contributed by atoms with Crippen molar-refractivity contribution in [2.45, 2.75) is 18.6 Å². The molecule has 4 N–H and O–H groups in total. The number of nitrogen functional groups attached to an aromatic ring is 1. The van der Waals surface area contributed by atoms with E-state index in [0.29, 0.717) is 41.0 Å². The minimum Gasteiger partial charge on any atom is -0.490 e. The van der Waals surface area contributed by atoms with E-state index in [1.165, 1.54) is 21.9 Å². The maximum atomic E-state index is 14.8. The van der Waals surface area contributed by atoms with Gasteiger partial charge in [-0.2, -0.15) is 5.10 Å². The summed E-state index contributed by atoms with van der Waals surface area (Å²) in [6.07, 6.45) is 2.48. The highest BCUT2D eigenvalue weighted by Crippen LogP contribution is 2.38. The number of carbonyl (C=O) groups is 1. The fraction of sp³-hybridized carbons (Fsp3) is 0.182. The molecule has 7 rings (SSSR count). The summed E-state index contributed by atoms with van der Waals surface area (Å²) < 4.78 is 37.1. The second-order valence-electron chi connectivity index (χ2n) is 11.2. The summed E-state index contributed by atoms with van der Waals surface area (Å²) in [6.45, 7) is 0.816. The van der Waals surface area contributed by atoms with Crippen LogP contribution in [0.4, 0.5) is 26.0 Å². The molecule has 3 aromatic heterocycles. The van der Waals surface area contributed by atoms with Crippen molar-refractivity contribution in [1.29, 1.82) is 0 Å². The molecular weight excluding hydrogens is 642 g/mol. The first-order valence-corrected chi connectivity index (χ1v) is 15.7. The van der Waals surface area contributed by atoms with Crippen LogP contribution in [-0.4, -0.2) is 55.0 Å². The zero-order valence-corrected chi connectivity index (χ0v) is 26.0. The highest BCUT2D eigenvalue weighted by atomic mass is 32.1. The topological polar surface area (TPSA) is 153 Å². The average molecular weight is 671 g/mol. The van der Waals surface area contributed by atoms with Crippen molar-refractivity contribution >= 4 is 44.8 Å². The highest BCUT2D eigenvalue weighted by Gasteiger charge is 2.33. The van der Waals surface area contributed by atoms with E-state index in [2.05, 4.69) is 25.3 Å². The molecule has 1 aliphatic heterocycles. The van der Waals surface area contributed by atoms with Crippen LogP contribution in [0.3, 0.4) is 0 Å². The number of benzene rings is 3. The monoisotopic (exact) mass is 670 g/mol. The zero-order valence-electron chi connectivity index (χ0n) is 25.2. The number of aliphatic hydroxyl groups is 1. The van der Waals surface area contributed by atoms with Gasteiger partial charge in [0.25, 0.3) is 11.5 Å². The lowest BCUT2D eigenvalue weighted by molar-refractivity contribution is 0.00363. The first-order chi connectivity index (χ1) is 23.2. The number of hydrogen-bond donors (Lipinski definition) is 3. The summed E-state index contributed by atoms with van der Waals surface area (Å²) in [4.78, 5) is 37.6. The first-order valence-electron chi connectivity index (χ1n) is 14.9. The molecule has 6 aromatic rings. The number of rotatable bonds is 9. The standard InChI is InChI=1S/C33H28F2N8O4S/c34-20-6-8-23(24(35)14-20)33(46,17-41-19-37-18-39-41)10-11-38-30(44)28-16-26-31(48-28)40-29(36)32(45)43(26)22-7-9-27-25(15-22)42(12-13-47-27)21-4-2-1-3-5-21/h1-9,14-16,18-19,46H,10-13,17H2,(H2,36,40)(H,38,44). The smallest absolute Gasteiger partial charge is 0.298 e. The van der Waals surface area contributed by atoms with Gasteiger partial charge in [-0.25, -0.2) is 23.4 Å². The van der Waals surface area contributed by atoms with Crippen molar-refractivity contribution in [2.75, 3.05) is 30.3 Å². The molecule has 0 spiro atoms. The minimum absolute atomic E-state index is 0.0857. The van der Waals surface area contributed by atoms with Crippen LogP contribution in [0.25, 0.3) is 16.0 Å². The van der Waals surface area contributed by atoms with E-state index in [1.807, 2.05) is 36.4 Å². The van der Waals surface area contributed by atoms with Crippen LogP contribution in [0.5, 0.6) is 5.75 Å². The summed E-state index contributed by atoms with van der Waals surface area (Å²) in [5, 5.41) is 18.3. The number of carbonyl (C=O) groups excluding carboxylic acids is 1. The number of halogens is 2. The van der Waals surface area contributed by atoms with Gasteiger partial charge in [0.1, 0.15) is 47.1 Å². The lowest BCUT2D eigenvalue weighted by Gasteiger charge is -2.31. The number of fused-ring (bicyclic) bond motifs is 2. The van der Waals surface area contributed by atoms with Gasteiger partial charge in [-0.05, 0) is 48.9 Å². The average Bonchev–Trinajstić information content (AvgIpc) is 3.75. The molecule has 15 heteroatoms. The van der Waals surface area contributed by atoms with E-state index in [0.717, 1.165) is 34.8 Å². The maximum Gasteiger partial charge on any atom is 0.298 e. The predicted octanol–water partition coefficient (Wildman–Crippen LogP) is 4.14. The van der Waals surface area contributed by atoms with Crippen molar-refractivity contribution in [1.82, 2.24) is 29.6 Å². The molecule has 1 unspecified atom stereocenters. The van der Waals surface area contributed by atoms with Gasteiger partial charge < -0.3 is 25.8 Å². The highest BCUT2D eigenvalue weighted by molar-refractivity contribution is 7.20. The van der Waals surface area contributed by atoms with E-state index >= 15 is 0 Å². The number of amides is 1. The van der Waals surface area contributed by atoms with Crippen molar-refractivity contribution in [2.24, 2.45) is 0 Å². The van der Waals surface area contributed by atoms with E-state index in [-0.39, 0.29) is 35.8 Å². The molecule has 4 heterocycles.